The van der Waals surface area contributed by atoms with Crippen LogP contribution in [-0.4, -0.2) is 45.9 Å². The number of nitro groups is 1. The van der Waals surface area contributed by atoms with Crippen LogP contribution >= 0.6 is 0 Å². The van der Waals surface area contributed by atoms with E-state index in [0.29, 0.717) is 0 Å². The third kappa shape index (κ3) is 3.12. The number of aliphatic carboxylic acids is 1. The van der Waals surface area contributed by atoms with Gasteiger partial charge in [-0.05, 0) is 12.5 Å². The monoisotopic (exact) mass is 322 g/mol. The molecule has 1 aromatic rings. The molecular formula is C14H14N2O7. The SMILES string of the molecule is COC(=O)C(CCC(=O)O)N1Cc2c(cccc2[N+](=O)[O-])C1=O. The summed E-state index contributed by atoms with van der Waals surface area (Å²) in [6, 6.07) is 3.01. The summed E-state index contributed by atoms with van der Waals surface area (Å²) in [7, 11) is 1.13. The van der Waals surface area contributed by atoms with Gasteiger partial charge in [0.25, 0.3) is 11.6 Å². The topological polar surface area (TPSA) is 127 Å². The molecule has 0 spiro atoms. The van der Waals surface area contributed by atoms with Gasteiger partial charge in [0.05, 0.1) is 29.7 Å². The van der Waals surface area contributed by atoms with E-state index in [-0.39, 0.29) is 36.2 Å². The molecule has 1 aliphatic rings. The summed E-state index contributed by atoms with van der Waals surface area (Å²) in [5, 5.41) is 19.8. The lowest BCUT2D eigenvalue weighted by molar-refractivity contribution is -0.385. The molecule has 0 aromatic heterocycles. The van der Waals surface area contributed by atoms with Crippen LogP contribution < -0.4 is 0 Å². The number of rotatable bonds is 6. The second-order valence-electron chi connectivity index (χ2n) is 4.96. The number of nitro benzene ring substituents is 1. The Bertz CT molecular complexity index is 686. The molecule has 0 saturated heterocycles. The van der Waals surface area contributed by atoms with E-state index in [2.05, 4.69) is 4.74 Å². The Labute approximate surface area is 130 Å². The lowest BCUT2D eigenvalue weighted by atomic mass is 10.1. The number of nitrogens with zero attached hydrogens (tertiary/aromatic N) is 2. The first-order chi connectivity index (χ1) is 10.9. The van der Waals surface area contributed by atoms with Crippen molar-refractivity contribution in [1.82, 2.24) is 4.90 Å². The molecule has 0 radical (unpaired) electrons. The van der Waals surface area contributed by atoms with E-state index < -0.39 is 28.8 Å². The third-order valence-electron chi connectivity index (χ3n) is 3.65. The van der Waals surface area contributed by atoms with Crippen molar-refractivity contribution in [2.24, 2.45) is 0 Å². The fourth-order valence-electron chi connectivity index (χ4n) is 2.56. The Morgan fingerprint density at radius 1 is 1.48 bits per heavy atom. The Kier molecular flexibility index (Phi) is 4.58. The molecule has 23 heavy (non-hydrogen) atoms. The van der Waals surface area contributed by atoms with Gasteiger partial charge in [-0.1, -0.05) is 6.07 Å². The number of benzene rings is 1. The fourth-order valence-corrected chi connectivity index (χ4v) is 2.56. The average Bonchev–Trinajstić information content (AvgIpc) is 2.84. The number of hydrogen-bond donors (Lipinski definition) is 1. The third-order valence-corrected chi connectivity index (χ3v) is 3.65. The maximum Gasteiger partial charge on any atom is 0.328 e. The second kappa shape index (κ2) is 6.42. The summed E-state index contributed by atoms with van der Waals surface area (Å²) < 4.78 is 4.62. The van der Waals surface area contributed by atoms with Gasteiger partial charge in [-0.2, -0.15) is 0 Å². The predicted molar refractivity (Wildman–Crippen MR) is 75.6 cm³/mol. The predicted octanol–water partition coefficient (Wildman–Crippen LogP) is 0.957. The second-order valence-corrected chi connectivity index (χ2v) is 4.96. The normalized spacial score (nSPS) is 14.3. The molecule has 1 aliphatic heterocycles. The molecule has 1 amide bonds. The van der Waals surface area contributed by atoms with E-state index in [0.717, 1.165) is 12.0 Å². The number of esters is 1. The molecule has 0 aliphatic carbocycles. The highest BCUT2D eigenvalue weighted by atomic mass is 16.6. The Balaban J connectivity index is 2.34. The van der Waals surface area contributed by atoms with Gasteiger partial charge in [0.1, 0.15) is 6.04 Å². The number of methoxy groups -OCH3 is 1. The van der Waals surface area contributed by atoms with Crippen molar-refractivity contribution < 1.29 is 29.2 Å². The Hall–Kier alpha value is -2.97. The lowest BCUT2D eigenvalue weighted by Gasteiger charge is -2.24. The lowest BCUT2D eigenvalue weighted by Crippen LogP contribution is -2.42. The highest BCUT2D eigenvalue weighted by Gasteiger charge is 2.40. The van der Waals surface area contributed by atoms with Crippen molar-refractivity contribution in [3.63, 3.8) is 0 Å². The number of carboxylic acids is 1. The quantitative estimate of drug-likeness (QED) is 0.469. The van der Waals surface area contributed by atoms with Crippen molar-refractivity contribution in [2.45, 2.75) is 25.4 Å². The first-order valence-corrected chi connectivity index (χ1v) is 6.73. The molecule has 122 valence electrons. The van der Waals surface area contributed by atoms with Crippen LogP contribution in [0.25, 0.3) is 0 Å². The van der Waals surface area contributed by atoms with Crippen molar-refractivity contribution in [2.75, 3.05) is 7.11 Å². The largest absolute Gasteiger partial charge is 0.481 e. The van der Waals surface area contributed by atoms with Gasteiger partial charge in [0, 0.05) is 12.5 Å². The zero-order chi connectivity index (χ0) is 17.1. The Morgan fingerprint density at radius 3 is 2.74 bits per heavy atom. The van der Waals surface area contributed by atoms with Gasteiger partial charge >= 0.3 is 11.9 Å². The van der Waals surface area contributed by atoms with E-state index in [1.54, 1.807) is 0 Å². The molecule has 0 fully saturated rings. The molecule has 0 bridgehead atoms. The summed E-state index contributed by atoms with van der Waals surface area (Å²) >= 11 is 0. The minimum absolute atomic E-state index is 0.129. The van der Waals surface area contributed by atoms with Crippen LogP contribution in [0.5, 0.6) is 0 Å². The van der Waals surface area contributed by atoms with Crippen LogP contribution in [0.4, 0.5) is 5.69 Å². The van der Waals surface area contributed by atoms with E-state index >= 15 is 0 Å². The molecule has 0 saturated carbocycles. The minimum Gasteiger partial charge on any atom is -0.481 e. The maximum atomic E-state index is 12.4. The van der Waals surface area contributed by atoms with Gasteiger partial charge in [-0.25, -0.2) is 4.79 Å². The van der Waals surface area contributed by atoms with E-state index in [1.165, 1.54) is 18.2 Å². The molecule has 1 heterocycles. The molecule has 9 heteroatoms. The molecule has 2 rings (SSSR count). The molecular weight excluding hydrogens is 308 g/mol. The van der Waals surface area contributed by atoms with Gasteiger partial charge < -0.3 is 14.7 Å². The number of carbonyl (C=O) groups is 3. The first kappa shape index (κ1) is 16.4. The van der Waals surface area contributed by atoms with E-state index in [4.69, 9.17) is 5.11 Å². The van der Waals surface area contributed by atoms with Gasteiger partial charge in [-0.3, -0.25) is 19.7 Å². The number of carboxylic acid groups (broad SMARTS) is 1. The first-order valence-electron chi connectivity index (χ1n) is 6.73. The minimum atomic E-state index is -1.12. The van der Waals surface area contributed by atoms with E-state index in [1.807, 2.05) is 0 Å². The van der Waals surface area contributed by atoms with Crippen molar-refractivity contribution in [3.05, 3.63) is 39.4 Å². The van der Waals surface area contributed by atoms with Gasteiger partial charge in [-0.15, -0.1) is 0 Å². The molecule has 1 unspecified atom stereocenters. The molecule has 1 N–H and O–H groups in total. The van der Waals surface area contributed by atoms with Crippen LogP contribution in [0.15, 0.2) is 18.2 Å². The van der Waals surface area contributed by atoms with Gasteiger partial charge in [0.15, 0.2) is 0 Å². The van der Waals surface area contributed by atoms with Crippen LogP contribution in [0.3, 0.4) is 0 Å². The molecule has 1 aromatic carbocycles. The average molecular weight is 322 g/mol. The zero-order valence-corrected chi connectivity index (χ0v) is 12.2. The molecule has 9 nitrogen and oxygen atoms in total. The fraction of sp³-hybridized carbons (Fsp3) is 0.357. The number of fused-ring (bicyclic) bond motifs is 1. The number of amides is 1. The smallest absolute Gasteiger partial charge is 0.328 e. The van der Waals surface area contributed by atoms with Crippen molar-refractivity contribution >= 4 is 23.5 Å². The summed E-state index contributed by atoms with van der Waals surface area (Å²) in [5.41, 5.74) is 0.148. The van der Waals surface area contributed by atoms with Crippen molar-refractivity contribution in [1.29, 1.82) is 0 Å². The standard InChI is InChI=1S/C14H14N2O7/c1-23-14(20)11(5-6-12(17)18)15-7-9-8(13(15)19)3-2-4-10(9)16(21)22/h2-4,11H,5-7H2,1H3,(H,17,18). The summed E-state index contributed by atoms with van der Waals surface area (Å²) in [5.74, 6) is -2.42. The summed E-state index contributed by atoms with van der Waals surface area (Å²) in [6.45, 7) is -0.134. The highest BCUT2D eigenvalue weighted by molar-refractivity contribution is 6.01. The summed E-state index contributed by atoms with van der Waals surface area (Å²) in [6.07, 6.45) is -0.461. The van der Waals surface area contributed by atoms with Crippen LogP contribution in [0.1, 0.15) is 28.8 Å². The highest BCUT2D eigenvalue weighted by Crippen LogP contribution is 2.32. The van der Waals surface area contributed by atoms with E-state index in [9.17, 15) is 24.5 Å². The zero-order valence-electron chi connectivity index (χ0n) is 12.2. The van der Waals surface area contributed by atoms with Crippen molar-refractivity contribution in [3.8, 4) is 0 Å². The number of carbonyl (C=O) groups excluding carboxylic acids is 2. The van der Waals surface area contributed by atoms with Crippen LogP contribution in [0, 0.1) is 10.1 Å². The molecule has 1 atom stereocenters. The summed E-state index contributed by atoms with van der Waals surface area (Å²) in [4.78, 5) is 46.6. The number of ether oxygens (including phenoxy) is 1. The van der Waals surface area contributed by atoms with Crippen LogP contribution in [-0.2, 0) is 20.9 Å². The Morgan fingerprint density at radius 2 is 2.17 bits per heavy atom. The van der Waals surface area contributed by atoms with Crippen LogP contribution in [0.2, 0.25) is 0 Å². The maximum absolute atomic E-state index is 12.4. The van der Waals surface area contributed by atoms with Gasteiger partial charge in [0.2, 0.25) is 0 Å². The number of hydrogen-bond acceptors (Lipinski definition) is 6.